The molecule has 3 N–H and O–H groups in total. The van der Waals surface area contributed by atoms with Crippen LogP contribution in [0.5, 0.6) is 0 Å². The summed E-state index contributed by atoms with van der Waals surface area (Å²) in [5.41, 5.74) is 7.34. The summed E-state index contributed by atoms with van der Waals surface area (Å²) < 4.78 is 15.8. The first kappa shape index (κ1) is 31.0. The topological polar surface area (TPSA) is 156 Å². The molecule has 0 saturated heterocycles. The molecule has 3 rings (SSSR count). The predicted molar refractivity (Wildman–Crippen MR) is 153 cm³/mol. The van der Waals surface area contributed by atoms with Crippen LogP contribution in [0.25, 0.3) is 0 Å². The van der Waals surface area contributed by atoms with Crippen LogP contribution in [0.3, 0.4) is 0 Å². The highest BCUT2D eigenvalue weighted by Crippen LogP contribution is 2.17. The lowest BCUT2D eigenvalue weighted by Crippen LogP contribution is -2.49. The van der Waals surface area contributed by atoms with Crippen molar-refractivity contribution in [2.75, 3.05) is 27.1 Å². The average molecular weight is 584 g/mol. The van der Waals surface area contributed by atoms with Crippen LogP contribution in [0, 0.1) is 0 Å². The second-order valence-electron chi connectivity index (χ2n) is 8.47. The molecule has 2 aliphatic rings. The van der Waals surface area contributed by atoms with E-state index in [-0.39, 0.29) is 44.0 Å². The van der Waals surface area contributed by atoms with Crippen LogP contribution in [-0.4, -0.2) is 72.2 Å². The standard InChI is InChI=1S/C28H30ClN5O7/c1-39-19-40-16-15-33(18-35)28(38)34(17-20-9-11-21(29)12-10-20)27(30)31-22-5-4-6-23(14-13-22)41-25-8-3-2-7-24(32-25)26(36)37/h3,5-14,18H,2,4,15-17,19H2,1H3,(H2,30,31)(H,36,37). The number of carbonyl (C=O) groups excluding carboxylic acids is 2. The summed E-state index contributed by atoms with van der Waals surface area (Å²) in [6.07, 6.45) is 12.8. The molecule has 216 valence electrons. The van der Waals surface area contributed by atoms with Gasteiger partial charge in [0, 0.05) is 12.1 Å². The molecule has 3 amide bonds. The highest BCUT2D eigenvalue weighted by molar-refractivity contribution is 6.30. The number of urea groups is 1. The number of hydrogen-bond acceptors (Lipinski definition) is 8. The lowest BCUT2D eigenvalue weighted by molar-refractivity contribution is -0.132. The summed E-state index contributed by atoms with van der Waals surface area (Å²) in [5.74, 6) is -0.761. The minimum atomic E-state index is -1.15. The Morgan fingerprint density at radius 2 is 1.93 bits per heavy atom. The maximum absolute atomic E-state index is 13.3. The molecule has 1 aliphatic heterocycles. The van der Waals surface area contributed by atoms with Gasteiger partial charge in [-0.15, -0.1) is 0 Å². The summed E-state index contributed by atoms with van der Waals surface area (Å²) in [6, 6.07) is 6.12. The number of aliphatic imine (C=N–C) groups is 2. The third-order valence-corrected chi connectivity index (χ3v) is 5.75. The Labute approximate surface area is 242 Å². The number of nitrogens with zero attached hydrogens (tertiary/aromatic N) is 4. The summed E-state index contributed by atoms with van der Waals surface area (Å²) in [7, 11) is 1.46. The molecule has 12 nitrogen and oxygen atoms in total. The van der Waals surface area contributed by atoms with Gasteiger partial charge < -0.3 is 25.1 Å². The van der Waals surface area contributed by atoms with Crippen molar-refractivity contribution in [2.24, 2.45) is 15.7 Å². The molecule has 41 heavy (non-hydrogen) atoms. The second-order valence-corrected chi connectivity index (χ2v) is 8.90. The molecule has 0 saturated carbocycles. The highest BCUT2D eigenvalue weighted by atomic mass is 35.5. The fourth-order valence-electron chi connectivity index (χ4n) is 3.49. The van der Waals surface area contributed by atoms with Crippen LogP contribution in [0.4, 0.5) is 4.79 Å². The van der Waals surface area contributed by atoms with E-state index < -0.39 is 12.0 Å². The van der Waals surface area contributed by atoms with Crippen LogP contribution in [0.15, 0.2) is 93.9 Å². The van der Waals surface area contributed by atoms with Crippen molar-refractivity contribution < 1.29 is 33.7 Å². The zero-order chi connectivity index (χ0) is 29.6. The maximum Gasteiger partial charge on any atom is 0.354 e. The molecule has 1 aromatic rings. The summed E-state index contributed by atoms with van der Waals surface area (Å²) in [5, 5.41) is 9.79. The van der Waals surface area contributed by atoms with Gasteiger partial charge in [0.25, 0.3) is 0 Å². The smallest absolute Gasteiger partial charge is 0.354 e. The Bertz CT molecular complexity index is 1330. The SMILES string of the molecule is COCOCCN(C=O)C(=O)N(Cc1ccc(Cl)cc1)C(N)=NC1=CCC=C(OC2=NC(C(=O)O)=CCC=C2)C=C1. The fourth-order valence-corrected chi connectivity index (χ4v) is 3.61. The highest BCUT2D eigenvalue weighted by Gasteiger charge is 2.24. The fraction of sp³-hybridized carbons (Fsp3) is 0.250. The summed E-state index contributed by atoms with van der Waals surface area (Å²) in [6.45, 7) is 0.0706. The van der Waals surface area contributed by atoms with Crippen LogP contribution < -0.4 is 5.73 Å². The van der Waals surface area contributed by atoms with E-state index in [1.165, 1.54) is 18.1 Å². The number of halogens is 1. The number of carboxylic acid groups (broad SMARTS) is 1. The van der Waals surface area contributed by atoms with Crippen molar-refractivity contribution in [2.45, 2.75) is 19.4 Å². The van der Waals surface area contributed by atoms with Crippen LogP contribution in [0.2, 0.25) is 5.02 Å². The number of hydrogen-bond donors (Lipinski definition) is 2. The molecule has 0 atom stereocenters. The Kier molecular flexibility index (Phi) is 12.0. The van der Waals surface area contributed by atoms with E-state index in [9.17, 15) is 19.5 Å². The molecule has 0 unspecified atom stereocenters. The number of imide groups is 1. The molecule has 13 heteroatoms. The molecule has 0 radical (unpaired) electrons. The zero-order valence-electron chi connectivity index (χ0n) is 22.3. The number of benzene rings is 1. The van der Waals surface area contributed by atoms with Crippen molar-refractivity contribution in [1.82, 2.24) is 9.80 Å². The van der Waals surface area contributed by atoms with E-state index in [1.807, 2.05) is 0 Å². The van der Waals surface area contributed by atoms with Gasteiger partial charge in [-0.2, -0.15) is 0 Å². The van der Waals surface area contributed by atoms with Gasteiger partial charge in [-0.25, -0.2) is 19.6 Å². The first-order valence-electron chi connectivity index (χ1n) is 12.4. The number of guanidine groups is 1. The Hall–Kier alpha value is -4.52. The molecular weight excluding hydrogens is 554 g/mol. The van der Waals surface area contributed by atoms with Gasteiger partial charge in [-0.3, -0.25) is 14.6 Å². The number of methoxy groups -OCH3 is 1. The summed E-state index contributed by atoms with van der Waals surface area (Å²) >= 11 is 6.00. The largest absolute Gasteiger partial charge is 0.477 e. The first-order valence-corrected chi connectivity index (χ1v) is 12.8. The quantitative estimate of drug-likeness (QED) is 0.131. The number of carboxylic acids is 1. The first-order chi connectivity index (χ1) is 19.8. The van der Waals surface area contributed by atoms with Gasteiger partial charge in [-0.05, 0) is 60.9 Å². The van der Waals surface area contributed by atoms with Crippen molar-refractivity contribution in [3.05, 3.63) is 94.5 Å². The van der Waals surface area contributed by atoms with E-state index in [1.54, 1.807) is 60.7 Å². The van der Waals surface area contributed by atoms with Gasteiger partial charge in [0.2, 0.25) is 18.3 Å². The van der Waals surface area contributed by atoms with Crippen LogP contribution in [0.1, 0.15) is 18.4 Å². The molecule has 0 bridgehead atoms. The normalized spacial score (nSPS) is 15.0. The molecule has 1 aromatic carbocycles. The van der Waals surface area contributed by atoms with Gasteiger partial charge in [0.1, 0.15) is 18.2 Å². The Balaban J connectivity index is 1.78. The van der Waals surface area contributed by atoms with Crippen molar-refractivity contribution in [3.8, 4) is 0 Å². The number of amides is 3. The molecule has 1 heterocycles. The molecule has 0 fully saturated rings. The van der Waals surface area contributed by atoms with Crippen LogP contribution >= 0.6 is 11.6 Å². The number of ether oxygens (including phenoxy) is 3. The molecule has 0 spiro atoms. The lowest BCUT2D eigenvalue weighted by atomic mass is 10.2. The average Bonchev–Trinajstić information content (AvgIpc) is 3.33. The van der Waals surface area contributed by atoms with Gasteiger partial charge >= 0.3 is 12.0 Å². The summed E-state index contributed by atoms with van der Waals surface area (Å²) in [4.78, 5) is 47.0. The lowest BCUT2D eigenvalue weighted by Gasteiger charge is -2.26. The van der Waals surface area contributed by atoms with Crippen LogP contribution in [-0.2, 0) is 30.3 Å². The Morgan fingerprint density at radius 1 is 1.15 bits per heavy atom. The molecular formula is C28H30ClN5O7. The minimum Gasteiger partial charge on any atom is -0.477 e. The third-order valence-electron chi connectivity index (χ3n) is 5.50. The van der Waals surface area contributed by atoms with Crippen molar-refractivity contribution in [3.63, 3.8) is 0 Å². The van der Waals surface area contributed by atoms with E-state index in [0.717, 1.165) is 4.90 Å². The monoisotopic (exact) mass is 583 g/mol. The predicted octanol–water partition coefficient (Wildman–Crippen LogP) is 3.73. The number of aliphatic carboxylic acids is 1. The van der Waals surface area contributed by atoms with E-state index >= 15 is 0 Å². The number of allylic oxidation sites excluding steroid dienone is 6. The minimum absolute atomic E-state index is 0.0141. The zero-order valence-corrected chi connectivity index (χ0v) is 23.1. The van der Waals surface area contributed by atoms with E-state index in [2.05, 4.69) is 9.98 Å². The molecule has 1 aliphatic carbocycles. The van der Waals surface area contributed by atoms with Gasteiger partial charge in [0.15, 0.2) is 0 Å². The maximum atomic E-state index is 13.3. The Morgan fingerprint density at radius 3 is 2.63 bits per heavy atom. The van der Waals surface area contributed by atoms with E-state index in [0.29, 0.717) is 41.3 Å². The number of nitrogens with two attached hydrogens (primary N) is 1. The number of rotatable bonds is 11. The van der Waals surface area contributed by atoms with Crippen molar-refractivity contribution >= 4 is 41.9 Å². The van der Waals surface area contributed by atoms with Gasteiger partial charge in [0.05, 0.1) is 25.4 Å². The van der Waals surface area contributed by atoms with Gasteiger partial charge in [-0.1, -0.05) is 35.9 Å². The molecule has 0 aromatic heterocycles. The number of carbonyl (C=O) groups is 3. The van der Waals surface area contributed by atoms with Crippen molar-refractivity contribution in [1.29, 1.82) is 0 Å². The third kappa shape index (κ3) is 9.87. The van der Waals surface area contributed by atoms with E-state index in [4.69, 9.17) is 31.5 Å². The second kappa shape index (κ2) is 15.9.